The van der Waals surface area contributed by atoms with E-state index in [-0.39, 0.29) is 12.2 Å². The first kappa shape index (κ1) is 23.1. The van der Waals surface area contributed by atoms with Crippen LogP contribution in [0.3, 0.4) is 0 Å². The molecule has 4 aromatic rings. The highest BCUT2D eigenvalue weighted by molar-refractivity contribution is 6.30. The average molecular weight is 480 g/mol. The summed E-state index contributed by atoms with van der Waals surface area (Å²) in [5.74, 6) is 0.995. The molecule has 1 amide bonds. The predicted octanol–water partition coefficient (Wildman–Crippen LogP) is 4.06. The number of para-hydroxylation sites is 1. The number of ether oxygens (including phenoxy) is 3. The van der Waals surface area contributed by atoms with Crippen molar-refractivity contribution < 1.29 is 19.0 Å². The summed E-state index contributed by atoms with van der Waals surface area (Å²) in [6, 6.07) is 17.2. The van der Waals surface area contributed by atoms with Crippen LogP contribution < -0.4 is 25.2 Å². The smallest absolute Gasteiger partial charge is 0.280 e. The Bertz CT molecular complexity index is 1390. The number of rotatable bonds is 7. The van der Waals surface area contributed by atoms with Crippen LogP contribution in [0.4, 0.5) is 0 Å². The SMILES string of the molecule is COc1cc(-c2nc3ccccc3c(=O)n2NC(=O)Cc2ccc(Cl)cc2)cc(OC)c1OC. The molecule has 0 unspecified atom stereocenters. The zero-order valence-corrected chi connectivity index (χ0v) is 19.6. The summed E-state index contributed by atoms with van der Waals surface area (Å²) in [7, 11) is 4.49. The topological polar surface area (TPSA) is 91.7 Å². The van der Waals surface area contributed by atoms with Crippen molar-refractivity contribution in [2.75, 3.05) is 26.8 Å². The number of amides is 1. The molecular formula is C25H22ClN3O5. The monoisotopic (exact) mass is 479 g/mol. The molecule has 0 saturated heterocycles. The third-order valence-corrected chi connectivity index (χ3v) is 5.47. The molecule has 0 fully saturated rings. The van der Waals surface area contributed by atoms with Crippen molar-refractivity contribution in [3.63, 3.8) is 0 Å². The van der Waals surface area contributed by atoms with Gasteiger partial charge in [0, 0.05) is 10.6 Å². The number of nitrogens with one attached hydrogen (secondary N) is 1. The fourth-order valence-electron chi connectivity index (χ4n) is 3.59. The van der Waals surface area contributed by atoms with Crippen LogP contribution in [-0.2, 0) is 11.2 Å². The molecule has 34 heavy (non-hydrogen) atoms. The standard InChI is InChI=1S/C25H22ClN3O5/c1-32-20-13-16(14-21(33-2)23(20)34-3)24-27-19-7-5-4-6-18(19)25(31)29(24)28-22(30)12-15-8-10-17(26)11-9-15/h4-11,13-14H,12H2,1-3H3,(H,28,30). The van der Waals surface area contributed by atoms with Crippen LogP contribution in [0.1, 0.15) is 5.56 Å². The second-order valence-corrected chi connectivity index (χ2v) is 7.78. The fraction of sp³-hybridized carbons (Fsp3) is 0.160. The molecule has 1 N–H and O–H groups in total. The molecule has 0 spiro atoms. The predicted molar refractivity (Wildman–Crippen MR) is 131 cm³/mol. The van der Waals surface area contributed by atoms with Crippen molar-refractivity contribution in [1.29, 1.82) is 0 Å². The second kappa shape index (κ2) is 9.84. The normalized spacial score (nSPS) is 10.7. The molecule has 3 aromatic carbocycles. The van der Waals surface area contributed by atoms with Gasteiger partial charge in [-0.3, -0.25) is 15.0 Å². The van der Waals surface area contributed by atoms with Gasteiger partial charge in [-0.05, 0) is 42.0 Å². The van der Waals surface area contributed by atoms with E-state index in [0.29, 0.717) is 38.7 Å². The van der Waals surface area contributed by atoms with Gasteiger partial charge in [-0.1, -0.05) is 35.9 Å². The van der Waals surface area contributed by atoms with Crippen molar-refractivity contribution in [1.82, 2.24) is 9.66 Å². The molecule has 174 valence electrons. The molecule has 1 aromatic heterocycles. The maximum Gasteiger partial charge on any atom is 0.280 e. The highest BCUT2D eigenvalue weighted by Crippen LogP contribution is 2.40. The summed E-state index contributed by atoms with van der Waals surface area (Å²) in [4.78, 5) is 30.9. The van der Waals surface area contributed by atoms with Gasteiger partial charge in [0.15, 0.2) is 17.3 Å². The van der Waals surface area contributed by atoms with Crippen LogP contribution in [0.15, 0.2) is 65.5 Å². The number of aromatic nitrogens is 2. The van der Waals surface area contributed by atoms with Gasteiger partial charge in [-0.2, -0.15) is 4.68 Å². The molecule has 0 bridgehead atoms. The Morgan fingerprint density at radius 2 is 1.62 bits per heavy atom. The minimum atomic E-state index is -0.418. The van der Waals surface area contributed by atoms with Gasteiger partial charge in [0.05, 0.1) is 38.7 Å². The number of methoxy groups -OCH3 is 3. The van der Waals surface area contributed by atoms with Gasteiger partial charge in [-0.15, -0.1) is 0 Å². The summed E-state index contributed by atoms with van der Waals surface area (Å²) >= 11 is 5.93. The Morgan fingerprint density at radius 1 is 0.971 bits per heavy atom. The summed E-state index contributed by atoms with van der Waals surface area (Å²) in [5, 5.41) is 0.939. The summed E-state index contributed by atoms with van der Waals surface area (Å²) in [5.41, 5.74) is 4.00. The summed E-state index contributed by atoms with van der Waals surface area (Å²) < 4.78 is 17.4. The molecule has 0 atom stereocenters. The zero-order valence-electron chi connectivity index (χ0n) is 18.8. The van der Waals surface area contributed by atoms with Crippen LogP contribution in [-0.4, -0.2) is 36.9 Å². The van der Waals surface area contributed by atoms with E-state index in [1.54, 1.807) is 60.7 Å². The lowest BCUT2D eigenvalue weighted by molar-refractivity contribution is -0.116. The Morgan fingerprint density at radius 3 is 2.24 bits per heavy atom. The van der Waals surface area contributed by atoms with Crippen LogP contribution >= 0.6 is 11.6 Å². The van der Waals surface area contributed by atoms with E-state index in [1.165, 1.54) is 21.3 Å². The van der Waals surface area contributed by atoms with Gasteiger partial charge in [0.1, 0.15) is 0 Å². The van der Waals surface area contributed by atoms with Gasteiger partial charge < -0.3 is 14.2 Å². The first-order valence-electron chi connectivity index (χ1n) is 10.3. The highest BCUT2D eigenvalue weighted by atomic mass is 35.5. The largest absolute Gasteiger partial charge is 0.493 e. The van der Waals surface area contributed by atoms with Crippen molar-refractivity contribution in [3.8, 4) is 28.6 Å². The van der Waals surface area contributed by atoms with E-state index in [4.69, 9.17) is 25.8 Å². The molecule has 8 nitrogen and oxygen atoms in total. The fourth-order valence-corrected chi connectivity index (χ4v) is 3.72. The third-order valence-electron chi connectivity index (χ3n) is 5.21. The van der Waals surface area contributed by atoms with E-state index < -0.39 is 11.5 Å². The van der Waals surface area contributed by atoms with Gasteiger partial charge in [-0.25, -0.2) is 4.98 Å². The van der Waals surface area contributed by atoms with Gasteiger partial charge in [0.2, 0.25) is 11.7 Å². The highest BCUT2D eigenvalue weighted by Gasteiger charge is 2.20. The molecule has 1 heterocycles. The van der Waals surface area contributed by atoms with E-state index in [0.717, 1.165) is 10.2 Å². The second-order valence-electron chi connectivity index (χ2n) is 7.35. The number of hydrogen-bond acceptors (Lipinski definition) is 6. The van der Waals surface area contributed by atoms with Gasteiger partial charge in [0.25, 0.3) is 5.56 Å². The molecular weight excluding hydrogens is 458 g/mol. The molecule has 0 saturated carbocycles. The van der Waals surface area contributed by atoms with Crippen molar-refractivity contribution in [3.05, 3.63) is 81.6 Å². The minimum Gasteiger partial charge on any atom is -0.493 e. The van der Waals surface area contributed by atoms with E-state index in [9.17, 15) is 9.59 Å². The van der Waals surface area contributed by atoms with Crippen LogP contribution in [0.2, 0.25) is 5.02 Å². The number of benzene rings is 3. The summed E-state index contributed by atoms with van der Waals surface area (Å²) in [6.07, 6.45) is 0.0468. The number of fused-ring (bicyclic) bond motifs is 1. The number of hydrogen-bond donors (Lipinski definition) is 1. The first-order chi connectivity index (χ1) is 16.4. The van der Waals surface area contributed by atoms with Crippen molar-refractivity contribution in [2.24, 2.45) is 0 Å². The molecule has 0 radical (unpaired) electrons. The number of nitrogens with zero attached hydrogens (tertiary/aromatic N) is 2. The number of carbonyl (C=O) groups excluding carboxylic acids is 1. The average Bonchev–Trinajstić information content (AvgIpc) is 2.86. The van der Waals surface area contributed by atoms with Crippen molar-refractivity contribution in [2.45, 2.75) is 6.42 Å². The molecule has 0 aliphatic rings. The third kappa shape index (κ3) is 4.53. The molecule has 0 aliphatic heterocycles. The number of carbonyl (C=O) groups is 1. The van der Waals surface area contributed by atoms with Crippen molar-refractivity contribution >= 4 is 28.4 Å². The molecule has 9 heteroatoms. The molecule has 0 aliphatic carbocycles. The lowest BCUT2D eigenvalue weighted by Crippen LogP contribution is -2.35. The van der Waals surface area contributed by atoms with E-state index in [2.05, 4.69) is 10.4 Å². The number of halogens is 1. The minimum absolute atomic E-state index is 0.0468. The van der Waals surface area contributed by atoms with Gasteiger partial charge >= 0.3 is 0 Å². The van der Waals surface area contributed by atoms with E-state index >= 15 is 0 Å². The maximum absolute atomic E-state index is 13.4. The Labute approximate surface area is 200 Å². The van der Waals surface area contributed by atoms with E-state index in [1.807, 2.05) is 0 Å². The van der Waals surface area contributed by atoms with Crippen LogP contribution in [0, 0.1) is 0 Å². The zero-order chi connectivity index (χ0) is 24.2. The van der Waals surface area contributed by atoms with Crippen LogP contribution in [0.5, 0.6) is 17.2 Å². The quantitative estimate of drug-likeness (QED) is 0.430. The van der Waals surface area contributed by atoms with Crippen LogP contribution in [0.25, 0.3) is 22.3 Å². The lowest BCUT2D eigenvalue weighted by Gasteiger charge is -2.17. The Kier molecular flexibility index (Phi) is 6.70. The molecule has 4 rings (SSSR count). The maximum atomic E-state index is 13.4. The Hall–Kier alpha value is -4.04. The first-order valence-corrected chi connectivity index (χ1v) is 10.7. The Balaban J connectivity index is 1.85. The lowest BCUT2D eigenvalue weighted by atomic mass is 10.1. The summed E-state index contributed by atoms with van der Waals surface area (Å²) in [6.45, 7) is 0.